The van der Waals surface area contributed by atoms with Crippen LogP contribution in [0.15, 0.2) is 24.3 Å². The van der Waals surface area contributed by atoms with Gasteiger partial charge in [0, 0.05) is 25.2 Å². The zero-order chi connectivity index (χ0) is 14.9. The lowest BCUT2D eigenvalue weighted by molar-refractivity contribution is -0.125. The minimum absolute atomic E-state index is 0. The fourth-order valence-corrected chi connectivity index (χ4v) is 2.96. The summed E-state index contributed by atoms with van der Waals surface area (Å²) in [7, 11) is 0. The van der Waals surface area contributed by atoms with Crippen molar-refractivity contribution in [3.63, 3.8) is 0 Å². The van der Waals surface area contributed by atoms with Gasteiger partial charge in [0.2, 0.25) is 5.91 Å². The van der Waals surface area contributed by atoms with Gasteiger partial charge < -0.3 is 20.7 Å². The fourth-order valence-electron chi connectivity index (χ4n) is 2.96. The van der Waals surface area contributed by atoms with E-state index in [0.717, 1.165) is 11.3 Å². The number of nitrogens with zero attached hydrogens (tertiary/aromatic N) is 1. The van der Waals surface area contributed by atoms with E-state index in [4.69, 9.17) is 10.5 Å². The van der Waals surface area contributed by atoms with Gasteiger partial charge in [0.05, 0.1) is 12.1 Å². The van der Waals surface area contributed by atoms with E-state index in [-0.39, 0.29) is 30.8 Å². The zero-order valence-electron chi connectivity index (χ0n) is 12.2. The second kappa shape index (κ2) is 6.64. The molecule has 0 aliphatic carbocycles. The average molecular weight is 326 g/mol. The fraction of sp³-hybridized carbons (Fsp3) is 0.467. The van der Waals surface area contributed by atoms with E-state index in [2.05, 4.69) is 5.32 Å². The molecule has 2 aliphatic heterocycles. The molecule has 0 saturated carbocycles. The van der Waals surface area contributed by atoms with Crippen LogP contribution in [0.3, 0.4) is 0 Å². The minimum atomic E-state index is -0.468. The van der Waals surface area contributed by atoms with Crippen LogP contribution in [0.5, 0.6) is 0 Å². The Hall–Kier alpha value is -1.63. The summed E-state index contributed by atoms with van der Waals surface area (Å²) in [6.07, 6.45) is 1.21. The van der Waals surface area contributed by atoms with Crippen LogP contribution >= 0.6 is 12.4 Å². The highest BCUT2D eigenvalue weighted by Gasteiger charge is 2.38. The monoisotopic (exact) mass is 325 g/mol. The van der Waals surface area contributed by atoms with Gasteiger partial charge in [-0.1, -0.05) is 12.1 Å². The Bertz CT molecular complexity index is 564. The maximum atomic E-state index is 11.8. The van der Waals surface area contributed by atoms with Crippen molar-refractivity contribution >= 4 is 29.9 Å². The molecule has 2 amide bonds. The molecule has 0 aromatic heterocycles. The summed E-state index contributed by atoms with van der Waals surface area (Å²) in [6.45, 7) is 1.62. The maximum absolute atomic E-state index is 11.8. The van der Waals surface area contributed by atoms with Crippen LogP contribution in [-0.2, 0) is 19.9 Å². The molecule has 22 heavy (non-hydrogen) atoms. The molecule has 0 radical (unpaired) electrons. The van der Waals surface area contributed by atoms with Gasteiger partial charge in [0.15, 0.2) is 0 Å². The third-order valence-electron chi connectivity index (χ3n) is 4.22. The Morgan fingerprint density at radius 3 is 2.55 bits per heavy atom. The first-order chi connectivity index (χ1) is 10.1. The number of nitrogens with two attached hydrogens (primary N) is 1. The molecule has 0 bridgehead atoms. The van der Waals surface area contributed by atoms with Gasteiger partial charge >= 0.3 is 0 Å². The molecule has 120 valence electrons. The lowest BCUT2D eigenvalue weighted by Gasteiger charge is -2.30. The summed E-state index contributed by atoms with van der Waals surface area (Å²) >= 11 is 0. The summed E-state index contributed by atoms with van der Waals surface area (Å²) in [6, 6.07) is 7.69. The Labute approximate surface area is 135 Å². The molecule has 3 N–H and O–H groups in total. The lowest BCUT2D eigenvalue weighted by Crippen LogP contribution is -2.45. The summed E-state index contributed by atoms with van der Waals surface area (Å²) in [5.74, 6) is 0.00425. The number of halogens is 1. The standard InChI is InChI=1S/C15H19N3O3.ClH/c16-10-15(6-5-13(19)17-15)11-1-3-12(4-2-11)18-7-8-21-9-14(18)20;/h1-4H,5-10,16H2,(H,17,19);1H/t15-;/m1./s1. The van der Waals surface area contributed by atoms with Crippen LogP contribution in [0.1, 0.15) is 18.4 Å². The first kappa shape index (κ1) is 16.7. The molecule has 6 nitrogen and oxygen atoms in total. The number of rotatable bonds is 3. The molecule has 2 heterocycles. The summed E-state index contributed by atoms with van der Waals surface area (Å²) in [5, 5.41) is 2.98. The van der Waals surface area contributed by atoms with Crippen LogP contribution in [-0.4, -0.2) is 38.1 Å². The number of amides is 2. The van der Waals surface area contributed by atoms with Crippen molar-refractivity contribution in [3.8, 4) is 0 Å². The predicted octanol–water partition coefficient (Wildman–Crippen LogP) is 0.536. The second-order valence-corrected chi connectivity index (χ2v) is 5.48. The van der Waals surface area contributed by atoms with Crippen LogP contribution < -0.4 is 16.0 Å². The van der Waals surface area contributed by atoms with Crippen molar-refractivity contribution in [1.29, 1.82) is 0 Å². The number of carbonyl (C=O) groups is 2. The van der Waals surface area contributed by atoms with E-state index in [1.807, 2.05) is 24.3 Å². The molecular formula is C15H20ClN3O3. The van der Waals surface area contributed by atoms with Gasteiger partial charge in [-0.3, -0.25) is 9.59 Å². The zero-order valence-corrected chi connectivity index (χ0v) is 13.0. The highest BCUT2D eigenvalue weighted by molar-refractivity contribution is 5.94. The molecule has 1 aromatic carbocycles. The molecule has 2 fully saturated rings. The SMILES string of the molecule is Cl.NC[C@@]1(c2ccc(N3CCOCC3=O)cc2)CCC(=O)N1. The number of ether oxygens (including phenoxy) is 1. The van der Waals surface area contributed by atoms with E-state index in [1.54, 1.807) is 4.90 Å². The molecular weight excluding hydrogens is 306 g/mol. The number of morpholine rings is 1. The van der Waals surface area contributed by atoms with Gasteiger partial charge in [-0.15, -0.1) is 12.4 Å². The predicted molar refractivity (Wildman–Crippen MR) is 85.0 cm³/mol. The lowest BCUT2D eigenvalue weighted by atomic mass is 9.88. The van der Waals surface area contributed by atoms with Crippen molar-refractivity contribution in [1.82, 2.24) is 5.32 Å². The van der Waals surface area contributed by atoms with Gasteiger partial charge in [-0.2, -0.15) is 0 Å². The van der Waals surface area contributed by atoms with Gasteiger partial charge in [0.1, 0.15) is 6.61 Å². The summed E-state index contributed by atoms with van der Waals surface area (Å²) in [4.78, 5) is 25.1. The third-order valence-corrected chi connectivity index (χ3v) is 4.22. The normalized spacial score (nSPS) is 24.9. The van der Waals surface area contributed by atoms with Crippen LogP contribution in [0, 0.1) is 0 Å². The minimum Gasteiger partial charge on any atom is -0.370 e. The Kier molecular flexibility index (Phi) is 5.05. The Morgan fingerprint density at radius 2 is 2.00 bits per heavy atom. The highest BCUT2D eigenvalue weighted by Crippen LogP contribution is 2.31. The van der Waals surface area contributed by atoms with E-state index in [1.165, 1.54) is 0 Å². The highest BCUT2D eigenvalue weighted by atomic mass is 35.5. The van der Waals surface area contributed by atoms with Crippen LogP contribution in [0.25, 0.3) is 0 Å². The van der Waals surface area contributed by atoms with E-state index in [9.17, 15) is 9.59 Å². The molecule has 2 saturated heterocycles. The molecule has 3 rings (SSSR count). The largest absolute Gasteiger partial charge is 0.370 e. The molecule has 2 aliphatic rings. The summed E-state index contributed by atoms with van der Waals surface area (Å²) < 4.78 is 5.13. The first-order valence-electron chi connectivity index (χ1n) is 7.14. The topological polar surface area (TPSA) is 84.7 Å². The number of nitrogens with one attached hydrogen (secondary N) is 1. The number of hydrogen-bond acceptors (Lipinski definition) is 4. The van der Waals surface area contributed by atoms with Gasteiger partial charge in [-0.05, 0) is 24.1 Å². The van der Waals surface area contributed by atoms with E-state index in [0.29, 0.717) is 32.5 Å². The number of anilines is 1. The number of hydrogen-bond donors (Lipinski definition) is 2. The molecule has 0 spiro atoms. The smallest absolute Gasteiger partial charge is 0.253 e. The quantitative estimate of drug-likeness (QED) is 0.849. The molecule has 1 atom stereocenters. The van der Waals surface area contributed by atoms with Crippen molar-refractivity contribution in [2.24, 2.45) is 5.73 Å². The molecule has 1 aromatic rings. The number of carbonyl (C=O) groups excluding carboxylic acids is 2. The van der Waals surface area contributed by atoms with Crippen molar-refractivity contribution in [2.75, 3.05) is 31.2 Å². The summed E-state index contributed by atoms with van der Waals surface area (Å²) in [5.41, 5.74) is 7.24. The maximum Gasteiger partial charge on any atom is 0.253 e. The average Bonchev–Trinajstić information content (AvgIpc) is 2.91. The molecule has 0 unspecified atom stereocenters. The third kappa shape index (κ3) is 2.95. The van der Waals surface area contributed by atoms with Crippen molar-refractivity contribution < 1.29 is 14.3 Å². The van der Waals surface area contributed by atoms with Gasteiger partial charge in [0.25, 0.3) is 5.91 Å². The van der Waals surface area contributed by atoms with E-state index < -0.39 is 5.54 Å². The number of benzene rings is 1. The van der Waals surface area contributed by atoms with Crippen molar-refractivity contribution in [3.05, 3.63) is 29.8 Å². The van der Waals surface area contributed by atoms with Gasteiger partial charge in [-0.25, -0.2) is 0 Å². The second-order valence-electron chi connectivity index (χ2n) is 5.48. The Balaban J connectivity index is 0.00000176. The van der Waals surface area contributed by atoms with E-state index >= 15 is 0 Å². The Morgan fingerprint density at radius 1 is 1.27 bits per heavy atom. The van der Waals surface area contributed by atoms with Crippen molar-refractivity contribution in [2.45, 2.75) is 18.4 Å². The van der Waals surface area contributed by atoms with Crippen LogP contribution in [0.2, 0.25) is 0 Å². The van der Waals surface area contributed by atoms with Crippen LogP contribution in [0.4, 0.5) is 5.69 Å². The molecule has 7 heteroatoms. The first-order valence-corrected chi connectivity index (χ1v) is 7.14.